The summed E-state index contributed by atoms with van der Waals surface area (Å²) in [6, 6.07) is 3.25. The summed E-state index contributed by atoms with van der Waals surface area (Å²) in [6.07, 6.45) is 0.835. The van der Waals surface area contributed by atoms with Crippen molar-refractivity contribution >= 4 is 16.3 Å². The molecule has 1 rings (SSSR count). The highest BCUT2D eigenvalue weighted by molar-refractivity contribution is 7.89. The van der Waals surface area contributed by atoms with E-state index < -0.39 is 10.0 Å². The monoisotopic (exact) mass is 271 g/mol. The van der Waals surface area contributed by atoms with Crippen molar-refractivity contribution < 1.29 is 17.9 Å². The maximum atomic E-state index is 12.0. The molecule has 0 heterocycles. The number of methoxy groups -OCH3 is 1. The van der Waals surface area contributed by atoms with Crippen molar-refractivity contribution in [3.8, 4) is 5.75 Å². The van der Waals surface area contributed by atoms with Crippen LogP contribution in [0.3, 0.4) is 0 Å². The molecule has 1 aromatic rings. The Kier molecular flexibility index (Phi) is 4.86. The Morgan fingerprint density at radius 2 is 1.94 bits per heavy atom. The molecule has 0 spiro atoms. The Hall–Kier alpha value is -1.40. The average Bonchev–Trinajstić information content (AvgIpc) is 2.31. The minimum atomic E-state index is -3.58. The van der Waals surface area contributed by atoms with Crippen molar-refractivity contribution in [2.24, 2.45) is 0 Å². The van der Waals surface area contributed by atoms with Gasteiger partial charge in [-0.2, -0.15) is 0 Å². The quantitative estimate of drug-likeness (QED) is 0.623. The highest BCUT2D eigenvalue weighted by atomic mass is 32.2. The normalized spacial score (nSPS) is 11.3. The summed E-state index contributed by atoms with van der Waals surface area (Å²) < 4.78 is 31.5. The van der Waals surface area contributed by atoms with Gasteiger partial charge in [0.2, 0.25) is 10.0 Å². The van der Waals surface area contributed by atoms with E-state index in [9.17, 15) is 13.2 Å². The predicted octanol–water partition coefficient (Wildman–Crippen LogP) is 1.18. The molecule has 0 radical (unpaired) electrons. The molecule has 0 atom stereocenters. The zero-order valence-electron chi connectivity index (χ0n) is 10.7. The van der Waals surface area contributed by atoms with Crippen molar-refractivity contribution in [2.75, 3.05) is 13.7 Å². The van der Waals surface area contributed by atoms with Gasteiger partial charge in [0.1, 0.15) is 12.0 Å². The van der Waals surface area contributed by atoms with Gasteiger partial charge in [-0.15, -0.1) is 0 Å². The predicted molar refractivity (Wildman–Crippen MR) is 68.3 cm³/mol. The second-order valence-electron chi connectivity index (χ2n) is 3.94. The number of carbonyl (C=O) groups is 1. The highest BCUT2D eigenvalue weighted by Crippen LogP contribution is 2.25. The van der Waals surface area contributed by atoms with Gasteiger partial charge >= 0.3 is 0 Å². The van der Waals surface area contributed by atoms with Crippen LogP contribution in [-0.2, 0) is 14.8 Å². The molecule has 0 aliphatic heterocycles. The number of carbonyl (C=O) groups excluding carboxylic acids is 1. The SMILES string of the molecule is COc1cc(C)c(S(=O)(=O)NCCC=O)cc1C. The number of aryl methyl sites for hydroxylation is 2. The molecule has 5 nitrogen and oxygen atoms in total. The molecule has 0 unspecified atom stereocenters. The van der Waals surface area contributed by atoms with Gasteiger partial charge in [0, 0.05) is 13.0 Å². The highest BCUT2D eigenvalue weighted by Gasteiger charge is 2.17. The number of rotatable bonds is 6. The van der Waals surface area contributed by atoms with Gasteiger partial charge in [-0.05, 0) is 37.1 Å². The Balaban J connectivity index is 3.09. The van der Waals surface area contributed by atoms with Gasteiger partial charge < -0.3 is 9.53 Å². The number of hydrogen-bond acceptors (Lipinski definition) is 4. The lowest BCUT2D eigenvalue weighted by molar-refractivity contribution is -0.107. The molecule has 0 amide bonds. The molecule has 1 N–H and O–H groups in total. The summed E-state index contributed by atoms with van der Waals surface area (Å²) in [7, 11) is -2.04. The third kappa shape index (κ3) is 3.30. The van der Waals surface area contributed by atoms with Crippen LogP contribution in [0.1, 0.15) is 17.5 Å². The lowest BCUT2D eigenvalue weighted by Gasteiger charge is -2.12. The van der Waals surface area contributed by atoms with E-state index in [2.05, 4.69) is 4.72 Å². The molecular weight excluding hydrogens is 254 g/mol. The fourth-order valence-corrected chi connectivity index (χ4v) is 2.96. The minimum Gasteiger partial charge on any atom is -0.496 e. The molecule has 100 valence electrons. The van der Waals surface area contributed by atoms with Crippen molar-refractivity contribution in [1.29, 1.82) is 0 Å². The van der Waals surface area contributed by atoms with Crippen LogP contribution in [0.25, 0.3) is 0 Å². The van der Waals surface area contributed by atoms with Crippen molar-refractivity contribution in [1.82, 2.24) is 4.72 Å². The molecule has 0 aliphatic carbocycles. The van der Waals surface area contributed by atoms with Crippen LogP contribution in [0.4, 0.5) is 0 Å². The molecule has 6 heteroatoms. The standard InChI is InChI=1S/C12H17NO4S/c1-9-8-12(10(2)7-11(9)17-3)18(15,16)13-5-4-6-14/h6-8,13H,4-5H2,1-3H3. The first-order chi connectivity index (χ1) is 8.42. The topological polar surface area (TPSA) is 72.5 Å². The summed E-state index contributed by atoms with van der Waals surface area (Å²) in [5, 5.41) is 0. The Morgan fingerprint density at radius 3 is 2.50 bits per heavy atom. The number of benzene rings is 1. The summed E-state index contributed by atoms with van der Waals surface area (Å²) in [5.41, 5.74) is 1.36. The molecule has 0 saturated carbocycles. The molecule has 0 bridgehead atoms. The van der Waals surface area contributed by atoms with Crippen LogP contribution in [0, 0.1) is 13.8 Å². The van der Waals surface area contributed by atoms with E-state index in [4.69, 9.17) is 4.74 Å². The maximum Gasteiger partial charge on any atom is 0.240 e. The van der Waals surface area contributed by atoms with Crippen molar-refractivity contribution in [3.05, 3.63) is 23.3 Å². The smallest absolute Gasteiger partial charge is 0.240 e. The third-order valence-corrected chi connectivity index (χ3v) is 4.14. The summed E-state index contributed by atoms with van der Waals surface area (Å²) in [4.78, 5) is 10.4. The molecule has 0 saturated heterocycles. The molecule has 18 heavy (non-hydrogen) atoms. The second-order valence-corrected chi connectivity index (χ2v) is 5.68. The summed E-state index contributed by atoms with van der Waals surface area (Å²) in [5.74, 6) is 0.652. The van der Waals surface area contributed by atoms with Gasteiger partial charge in [0.25, 0.3) is 0 Å². The van der Waals surface area contributed by atoms with Crippen LogP contribution >= 0.6 is 0 Å². The van der Waals surface area contributed by atoms with Crippen LogP contribution in [0.5, 0.6) is 5.75 Å². The largest absolute Gasteiger partial charge is 0.496 e. The summed E-state index contributed by atoms with van der Waals surface area (Å²) >= 11 is 0. The van der Waals surface area contributed by atoms with Crippen LogP contribution in [0.15, 0.2) is 17.0 Å². The maximum absolute atomic E-state index is 12.0. The zero-order valence-corrected chi connectivity index (χ0v) is 11.5. The van der Waals surface area contributed by atoms with E-state index >= 15 is 0 Å². The fourth-order valence-electron chi connectivity index (χ4n) is 1.60. The van der Waals surface area contributed by atoms with Gasteiger partial charge in [0.05, 0.1) is 12.0 Å². The van der Waals surface area contributed by atoms with Crippen molar-refractivity contribution in [2.45, 2.75) is 25.2 Å². The lowest BCUT2D eigenvalue weighted by atomic mass is 10.1. The first-order valence-electron chi connectivity index (χ1n) is 5.51. The van der Waals surface area contributed by atoms with E-state index in [1.54, 1.807) is 26.0 Å². The number of sulfonamides is 1. The van der Waals surface area contributed by atoms with Crippen LogP contribution in [0.2, 0.25) is 0 Å². The molecule has 0 fully saturated rings. The first kappa shape index (κ1) is 14.7. The van der Waals surface area contributed by atoms with E-state index in [-0.39, 0.29) is 17.9 Å². The number of ether oxygens (including phenoxy) is 1. The van der Waals surface area contributed by atoms with Crippen LogP contribution < -0.4 is 9.46 Å². The van der Waals surface area contributed by atoms with Crippen LogP contribution in [-0.4, -0.2) is 28.4 Å². The zero-order chi connectivity index (χ0) is 13.8. The Labute approximate surface area is 107 Å². The molecular formula is C12H17NO4S. The van der Waals surface area contributed by atoms with Gasteiger partial charge in [0.15, 0.2) is 0 Å². The molecule has 0 aromatic heterocycles. The number of hydrogen-bond donors (Lipinski definition) is 1. The van der Waals surface area contributed by atoms with E-state index in [0.29, 0.717) is 17.6 Å². The van der Waals surface area contributed by atoms with E-state index in [1.807, 2.05) is 0 Å². The Morgan fingerprint density at radius 1 is 1.28 bits per heavy atom. The molecule has 0 aliphatic rings. The minimum absolute atomic E-state index is 0.107. The van der Waals surface area contributed by atoms with Gasteiger partial charge in [-0.3, -0.25) is 0 Å². The molecule has 1 aromatic carbocycles. The number of aldehydes is 1. The second kappa shape index (κ2) is 5.97. The average molecular weight is 271 g/mol. The lowest BCUT2D eigenvalue weighted by Crippen LogP contribution is -2.25. The fraction of sp³-hybridized carbons (Fsp3) is 0.417. The van der Waals surface area contributed by atoms with E-state index in [1.165, 1.54) is 7.11 Å². The number of nitrogens with one attached hydrogen (secondary N) is 1. The Bertz CT molecular complexity index is 537. The van der Waals surface area contributed by atoms with E-state index in [0.717, 1.165) is 5.56 Å². The first-order valence-corrected chi connectivity index (χ1v) is 6.99. The van der Waals surface area contributed by atoms with Gasteiger partial charge in [-0.1, -0.05) is 0 Å². The summed E-state index contributed by atoms with van der Waals surface area (Å²) in [6.45, 7) is 3.59. The van der Waals surface area contributed by atoms with Crippen molar-refractivity contribution in [3.63, 3.8) is 0 Å². The van der Waals surface area contributed by atoms with Gasteiger partial charge in [-0.25, -0.2) is 13.1 Å². The third-order valence-electron chi connectivity index (χ3n) is 2.54.